The summed E-state index contributed by atoms with van der Waals surface area (Å²) in [4.78, 5) is 10.8. The van der Waals surface area contributed by atoms with Gasteiger partial charge in [-0.25, -0.2) is 17.6 Å². The molecule has 0 radical (unpaired) electrons. The van der Waals surface area contributed by atoms with Gasteiger partial charge >= 0.3 is 18.4 Å². The van der Waals surface area contributed by atoms with Gasteiger partial charge in [0.15, 0.2) is 9.84 Å². The highest BCUT2D eigenvalue weighted by Crippen LogP contribution is 2.52. The van der Waals surface area contributed by atoms with Crippen molar-refractivity contribution < 1.29 is 54.2 Å². The Morgan fingerprint density at radius 1 is 0.973 bits per heavy atom. The summed E-state index contributed by atoms with van der Waals surface area (Å²) in [5, 5.41) is 21.0. The fourth-order valence-corrected chi connectivity index (χ4v) is 7.08. The van der Waals surface area contributed by atoms with E-state index in [1.165, 1.54) is 0 Å². The molecule has 37 heavy (non-hydrogen) atoms. The van der Waals surface area contributed by atoms with Crippen molar-refractivity contribution in [3.63, 3.8) is 0 Å². The molecule has 1 amide bonds. The maximum Gasteiger partial charge on any atom is 0.430 e. The number of hydrogen-bond acceptors (Lipinski definition) is 4. The summed E-state index contributed by atoms with van der Waals surface area (Å²) in [6, 6.07) is 5.35. The predicted octanol–water partition coefficient (Wildman–Crippen LogP) is 5.26. The molecule has 3 rings (SSSR count). The maximum atomic E-state index is 13.8. The van der Waals surface area contributed by atoms with E-state index in [1.54, 1.807) is 6.92 Å². The zero-order chi connectivity index (χ0) is 28.0. The number of benzene rings is 2. The zero-order valence-electron chi connectivity index (χ0n) is 19.1. The molecule has 2 aromatic rings. The minimum absolute atomic E-state index is 0.0231. The molecule has 3 N–H and O–H groups in total. The van der Waals surface area contributed by atoms with E-state index in [-0.39, 0.29) is 29.7 Å². The summed E-state index contributed by atoms with van der Waals surface area (Å²) >= 11 is 0. The van der Waals surface area contributed by atoms with Crippen LogP contribution in [0.3, 0.4) is 0 Å². The number of rotatable bonds is 5. The number of sulfone groups is 1. The lowest BCUT2D eigenvalue weighted by atomic mass is 9.74. The Labute approximate surface area is 207 Å². The molecule has 1 aliphatic rings. The largest absolute Gasteiger partial charge is 0.465 e. The standard InChI is InChI=1S/C23H22F7NO5S/c1-13-12-20(11-10-18(13)31-19(32)33,37(35,36)17-8-6-16(24)7-9-17)14-2-4-15(5-3-14)21(34,22(25,26)27)23(28,29)30/h2-9,13,18,31,34H,10-12H2,1H3,(H,32,33)/t13-,18?,20-/m1/s1. The van der Waals surface area contributed by atoms with E-state index in [9.17, 15) is 49.1 Å². The number of amides is 1. The smallest absolute Gasteiger partial charge is 0.430 e. The quantitative estimate of drug-likeness (QED) is 0.344. The van der Waals surface area contributed by atoms with Crippen molar-refractivity contribution in [2.45, 2.75) is 59.8 Å². The number of alkyl halides is 6. The van der Waals surface area contributed by atoms with Crippen molar-refractivity contribution in [3.05, 3.63) is 65.5 Å². The highest BCUT2D eigenvalue weighted by atomic mass is 32.2. The Morgan fingerprint density at radius 3 is 1.92 bits per heavy atom. The predicted molar refractivity (Wildman–Crippen MR) is 116 cm³/mol. The number of aliphatic hydroxyl groups is 1. The number of carbonyl (C=O) groups is 1. The molecule has 1 saturated carbocycles. The topological polar surface area (TPSA) is 104 Å². The van der Waals surface area contributed by atoms with Gasteiger partial charge in [-0.1, -0.05) is 31.2 Å². The Kier molecular flexibility index (Phi) is 7.34. The first-order chi connectivity index (χ1) is 16.9. The van der Waals surface area contributed by atoms with Crippen LogP contribution in [0.15, 0.2) is 53.4 Å². The van der Waals surface area contributed by atoms with Crippen molar-refractivity contribution >= 4 is 15.9 Å². The van der Waals surface area contributed by atoms with Crippen LogP contribution in [0, 0.1) is 11.7 Å². The minimum atomic E-state index is -6.13. The van der Waals surface area contributed by atoms with Gasteiger partial charge in [-0.15, -0.1) is 0 Å². The van der Waals surface area contributed by atoms with Gasteiger partial charge in [0.25, 0.3) is 5.60 Å². The molecule has 1 fully saturated rings. The van der Waals surface area contributed by atoms with E-state index >= 15 is 0 Å². The van der Waals surface area contributed by atoms with Gasteiger partial charge in [0, 0.05) is 11.6 Å². The molecular weight excluding hydrogens is 535 g/mol. The minimum Gasteiger partial charge on any atom is -0.465 e. The van der Waals surface area contributed by atoms with Crippen LogP contribution in [0.4, 0.5) is 35.5 Å². The van der Waals surface area contributed by atoms with E-state index in [2.05, 4.69) is 5.32 Å². The van der Waals surface area contributed by atoms with E-state index in [0.29, 0.717) is 12.1 Å². The maximum absolute atomic E-state index is 13.8. The zero-order valence-corrected chi connectivity index (χ0v) is 19.9. The summed E-state index contributed by atoms with van der Waals surface area (Å²) in [5.74, 6) is -1.36. The molecule has 3 atom stereocenters. The summed E-state index contributed by atoms with van der Waals surface area (Å²) in [5.41, 5.74) is -6.91. The van der Waals surface area contributed by atoms with Crippen LogP contribution >= 0.6 is 0 Å². The van der Waals surface area contributed by atoms with Crippen LogP contribution in [0.25, 0.3) is 0 Å². The molecule has 6 nitrogen and oxygen atoms in total. The van der Waals surface area contributed by atoms with Crippen molar-refractivity contribution in [3.8, 4) is 0 Å². The van der Waals surface area contributed by atoms with Gasteiger partial charge < -0.3 is 15.5 Å². The normalized spacial score (nSPS) is 23.5. The average Bonchev–Trinajstić information content (AvgIpc) is 2.78. The molecule has 0 aromatic heterocycles. The van der Waals surface area contributed by atoms with Gasteiger partial charge in [-0.05, 0) is 55.0 Å². The van der Waals surface area contributed by atoms with Gasteiger partial charge in [-0.3, -0.25) is 0 Å². The number of hydrogen-bond donors (Lipinski definition) is 3. The molecule has 0 saturated heterocycles. The third kappa shape index (κ3) is 4.88. The third-order valence-electron chi connectivity index (χ3n) is 6.79. The summed E-state index contributed by atoms with van der Waals surface area (Å²) in [6.45, 7) is 1.55. The fourth-order valence-electron chi connectivity index (χ4n) is 4.81. The molecule has 0 spiro atoms. The van der Waals surface area contributed by atoms with Crippen molar-refractivity contribution in [1.82, 2.24) is 5.32 Å². The van der Waals surface area contributed by atoms with E-state index < -0.39 is 62.0 Å². The molecule has 14 heteroatoms. The first-order valence-electron chi connectivity index (χ1n) is 10.8. The molecule has 0 bridgehead atoms. The molecule has 1 aliphatic carbocycles. The second kappa shape index (κ2) is 9.46. The molecule has 0 aliphatic heterocycles. The van der Waals surface area contributed by atoms with E-state index in [4.69, 9.17) is 5.11 Å². The SMILES string of the molecule is C[C@@H]1C[C@](c2ccc(C(O)(C(F)(F)F)C(F)(F)F)cc2)(S(=O)(=O)c2ccc(F)cc2)CCC1NC(=O)O. The highest BCUT2D eigenvalue weighted by Gasteiger charge is 2.71. The Balaban J connectivity index is 2.17. The van der Waals surface area contributed by atoms with Crippen LogP contribution in [0.1, 0.15) is 37.3 Å². The van der Waals surface area contributed by atoms with Crippen LogP contribution in [0.2, 0.25) is 0 Å². The van der Waals surface area contributed by atoms with Crippen molar-refractivity contribution in [2.75, 3.05) is 0 Å². The van der Waals surface area contributed by atoms with Gasteiger partial charge in [0.2, 0.25) is 0 Å². The van der Waals surface area contributed by atoms with Gasteiger partial charge in [-0.2, -0.15) is 26.3 Å². The summed E-state index contributed by atoms with van der Waals surface area (Å²) in [7, 11) is -4.43. The second-order valence-electron chi connectivity index (χ2n) is 9.01. The number of nitrogens with one attached hydrogen (secondary N) is 1. The lowest BCUT2D eigenvalue weighted by Crippen LogP contribution is -2.54. The molecule has 2 aromatic carbocycles. The van der Waals surface area contributed by atoms with Crippen molar-refractivity contribution in [2.24, 2.45) is 5.92 Å². The van der Waals surface area contributed by atoms with Crippen molar-refractivity contribution in [1.29, 1.82) is 0 Å². The monoisotopic (exact) mass is 557 g/mol. The fraction of sp³-hybridized carbons (Fsp3) is 0.435. The molecule has 0 heterocycles. The van der Waals surface area contributed by atoms with Gasteiger partial charge in [0.05, 0.1) is 4.90 Å². The first kappa shape index (κ1) is 28.7. The Morgan fingerprint density at radius 2 is 1.49 bits per heavy atom. The Bertz CT molecular complexity index is 1230. The first-order valence-corrected chi connectivity index (χ1v) is 12.3. The lowest BCUT2D eigenvalue weighted by molar-refractivity contribution is -0.376. The summed E-state index contributed by atoms with van der Waals surface area (Å²) < 4.78 is 119. The van der Waals surface area contributed by atoms with E-state index in [0.717, 1.165) is 36.4 Å². The molecule has 1 unspecified atom stereocenters. The summed E-state index contributed by atoms with van der Waals surface area (Å²) in [6.07, 6.45) is -14.1. The molecular formula is C23H22F7NO5S. The van der Waals surface area contributed by atoms with Crippen LogP contribution in [-0.4, -0.2) is 43.1 Å². The second-order valence-corrected chi connectivity index (χ2v) is 11.3. The van der Waals surface area contributed by atoms with Crippen LogP contribution in [-0.2, 0) is 20.2 Å². The third-order valence-corrected chi connectivity index (χ3v) is 9.32. The Hall–Kier alpha value is -2.87. The number of halogens is 7. The van der Waals surface area contributed by atoms with Crippen LogP contribution in [0.5, 0.6) is 0 Å². The highest BCUT2D eigenvalue weighted by molar-refractivity contribution is 7.92. The van der Waals surface area contributed by atoms with E-state index in [1.807, 2.05) is 0 Å². The van der Waals surface area contributed by atoms with Gasteiger partial charge in [0.1, 0.15) is 10.6 Å². The van der Waals surface area contributed by atoms with Crippen LogP contribution < -0.4 is 5.32 Å². The number of carboxylic acid groups (broad SMARTS) is 1. The lowest BCUT2D eigenvalue weighted by Gasteiger charge is -2.43. The molecule has 204 valence electrons. The average molecular weight is 557 g/mol.